The first kappa shape index (κ1) is 11.8. The van der Waals surface area contributed by atoms with Crippen LogP contribution in [0.4, 0.5) is 0 Å². The number of hydrogen-bond donors (Lipinski definition) is 4. The average molecular weight is 214 g/mol. The van der Waals surface area contributed by atoms with Crippen molar-refractivity contribution in [2.75, 3.05) is 20.2 Å². The molecule has 8 heteroatoms. The fourth-order valence-corrected chi connectivity index (χ4v) is 0.849. The minimum atomic E-state index is -4.34. The summed E-state index contributed by atoms with van der Waals surface area (Å²) in [6.07, 6.45) is 0. The highest BCUT2D eigenvalue weighted by Crippen LogP contribution is 2.34. The van der Waals surface area contributed by atoms with Gasteiger partial charge in [0.25, 0.3) is 0 Å². The lowest BCUT2D eigenvalue weighted by molar-refractivity contribution is 0.200. The Hall–Kier alpha value is -0.200. The highest BCUT2D eigenvalue weighted by molar-refractivity contribution is 7.80. The first-order chi connectivity index (χ1) is 5.45. The highest BCUT2D eigenvalue weighted by atomic mass is 32.1. The molecule has 0 saturated carbocycles. The van der Waals surface area contributed by atoms with Crippen LogP contribution in [0.1, 0.15) is 0 Å². The molecule has 0 aliphatic rings. The molecule has 0 aromatic heterocycles. The second-order valence-electron chi connectivity index (χ2n) is 1.83. The van der Waals surface area contributed by atoms with Crippen LogP contribution >= 0.6 is 20.0 Å². The minimum absolute atomic E-state index is 0.0912. The van der Waals surface area contributed by atoms with Gasteiger partial charge in [-0.1, -0.05) is 0 Å². The van der Waals surface area contributed by atoms with Gasteiger partial charge in [-0.2, -0.15) is 0 Å². The van der Waals surface area contributed by atoms with Crippen LogP contribution < -0.4 is 10.6 Å². The van der Waals surface area contributed by atoms with Gasteiger partial charge < -0.3 is 20.4 Å². The van der Waals surface area contributed by atoms with Gasteiger partial charge in [-0.3, -0.25) is 4.52 Å². The molecule has 0 aromatic carbocycles. The largest absolute Gasteiger partial charge is 0.469 e. The summed E-state index contributed by atoms with van der Waals surface area (Å²) in [5, 5.41) is 5.70. The van der Waals surface area contributed by atoms with Crippen LogP contribution in [0.15, 0.2) is 0 Å². The van der Waals surface area contributed by atoms with Crippen LogP contribution in [0, 0.1) is 0 Å². The van der Waals surface area contributed by atoms with Gasteiger partial charge in [-0.05, 0) is 12.2 Å². The second-order valence-corrected chi connectivity index (χ2v) is 3.48. The Labute approximate surface area is 75.5 Å². The number of phosphoric ester groups is 1. The average Bonchev–Trinajstić information content (AvgIpc) is 1.96. The van der Waals surface area contributed by atoms with E-state index in [1.165, 1.54) is 0 Å². The predicted octanol–water partition coefficient (Wildman–Crippen LogP) is -0.810. The van der Waals surface area contributed by atoms with Crippen molar-refractivity contribution in [3.05, 3.63) is 0 Å². The van der Waals surface area contributed by atoms with E-state index in [0.29, 0.717) is 5.11 Å². The number of rotatable bonds is 4. The first-order valence-electron chi connectivity index (χ1n) is 3.11. The van der Waals surface area contributed by atoms with Crippen molar-refractivity contribution < 1.29 is 18.9 Å². The quantitative estimate of drug-likeness (QED) is 0.276. The Morgan fingerprint density at radius 1 is 1.67 bits per heavy atom. The van der Waals surface area contributed by atoms with Crippen molar-refractivity contribution in [2.45, 2.75) is 0 Å². The monoisotopic (exact) mass is 214 g/mol. The maximum Gasteiger partial charge on any atom is 0.469 e. The van der Waals surface area contributed by atoms with Crippen molar-refractivity contribution >= 4 is 25.2 Å². The molecule has 12 heavy (non-hydrogen) atoms. The Kier molecular flexibility index (Phi) is 5.36. The second kappa shape index (κ2) is 5.45. The molecule has 0 bridgehead atoms. The Balaban J connectivity index is 3.34. The van der Waals surface area contributed by atoms with Gasteiger partial charge in [-0.15, -0.1) is 0 Å². The van der Waals surface area contributed by atoms with Crippen molar-refractivity contribution in [1.82, 2.24) is 10.6 Å². The smallest absolute Gasteiger partial charge is 0.366 e. The SMILES string of the molecule is CNC(=S)NCCOP(=O)(O)O. The van der Waals surface area contributed by atoms with Crippen LogP contribution in [-0.4, -0.2) is 35.1 Å². The fraction of sp³-hybridized carbons (Fsp3) is 0.750. The lowest BCUT2D eigenvalue weighted by Crippen LogP contribution is -2.34. The summed E-state index contributed by atoms with van der Waals surface area (Å²) in [5.74, 6) is 0. The van der Waals surface area contributed by atoms with Crippen molar-refractivity contribution in [1.29, 1.82) is 0 Å². The molecular weight excluding hydrogens is 203 g/mol. The predicted molar refractivity (Wildman–Crippen MR) is 47.7 cm³/mol. The number of thiocarbonyl (C=S) groups is 1. The molecule has 4 N–H and O–H groups in total. The molecule has 6 nitrogen and oxygen atoms in total. The molecule has 0 aliphatic carbocycles. The van der Waals surface area contributed by atoms with Gasteiger partial charge in [0.1, 0.15) is 0 Å². The van der Waals surface area contributed by atoms with E-state index in [-0.39, 0.29) is 13.2 Å². The van der Waals surface area contributed by atoms with Gasteiger partial charge in [0.15, 0.2) is 5.11 Å². The van der Waals surface area contributed by atoms with Gasteiger partial charge >= 0.3 is 7.82 Å². The summed E-state index contributed by atoms with van der Waals surface area (Å²) in [5.41, 5.74) is 0. The molecule has 0 aromatic rings. The first-order valence-corrected chi connectivity index (χ1v) is 5.05. The topological polar surface area (TPSA) is 90.8 Å². The van der Waals surface area contributed by atoms with Crippen LogP contribution in [-0.2, 0) is 9.09 Å². The summed E-state index contributed by atoms with van der Waals surface area (Å²) < 4.78 is 14.3. The Morgan fingerprint density at radius 2 is 2.25 bits per heavy atom. The summed E-state index contributed by atoms with van der Waals surface area (Å²) in [6, 6.07) is 0. The molecule has 0 saturated heterocycles. The molecule has 0 unspecified atom stereocenters. The summed E-state index contributed by atoms with van der Waals surface area (Å²) in [6.45, 7) is 0.164. The minimum Gasteiger partial charge on any atom is -0.366 e. The summed E-state index contributed by atoms with van der Waals surface area (Å²) >= 11 is 4.69. The molecule has 0 spiro atoms. The van der Waals surface area contributed by atoms with E-state index < -0.39 is 7.82 Å². The summed E-state index contributed by atoms with van der Waals surface area (Å²) in [4.78, 5) is 16.5. The lowest BCUT2D eigenvalue weighted by Gasteiger charge is -2.07. The van der Waals surface area contributed by atoms with Gasteiger partial charge in [0, 0.05) is 13.6 Å². The van der Waals surface area contributed by atoms with Crippen LogP contribution in [0.3, 0.4) is 0 Å². The fourth-order valence-electron chi connectivity index (χ4n) is 0.418. The van der Waals surface area contributed by atoms with E-state index in [4.69, 9.17) is 22.0 Å². The Bertz CT molecular complexity index is 193. The molecule has 0 fully saturated rings. The highest BCUT2D eigenvalue weighted by Gasteiger charge is 2.12. The van der Waals surface area contributed by atoms with Crippen molar-refractivity contribution in [3.63, 3.8) is 0 Å². The lowest BCUT2D eigenvalue weighted by atomic mass is 10.7. The molecule has 0 atom stereocenters. The van der Waals surface area contributed by atoms with Gasteiger partial charge in [0.2, 0.25) is 0 Å². The maximum atomic E-state index is 10.1. The maximum absolute atomic E-state index is 10.1. The normalized spacial score (nSPS) is 10.9. The molecule has 0 radical (unpaired) electrons. The van der Waals surface area contributed by atoms with Gasteiger partial charge in [-0.25, -0.2) is 4.57 Å². The van der Waals surface area contributed by atoms with E-state index in [2.05, 4.69) is 15.2 Å². The molecule has 72 valence electrons. The van der Waals surface area contributed by atoms with Crippen molar-refractivity contribution in [3.8, 4) is 0 Å². The van der Waals surface area contributed by atoms with E-state index in [1.807, 2.05) is 0 Å². The van der Waals surface area contributed by atoms with E-state index in [9.17, 15) is 4.57 Å². The third kappa shape index (κ3) is 7.90. The zero-order valence-corrected chi connectivity index (χ0v) is 8.19. The molecule has 0 heterocycles. The molecular formula is C4H11N2O4PS. The van der Waals surface area contributed by atoms with E-state index >= 15 is 0 Å². The zero-order chi connectivity index (χ0) is 9.61. The van der Waals surface area contributed by atoms with Crippen molar-refractivity contribution in [2.24, 2.45) is 0 Å². The summed E-state index contributed by atoms with van der Waals surface area (Å²) in [7, 11) is -2.70. The third-order valence-electron chi connectivity index (χ3n) is 0.874. The number of phosphoric acid groups is 1. The van der Waals surface area contributed by atoms with E-state index in [1.54, 1.807) is 7.05 Å². The zero-order valence-electron chi connectivity index (χ0n) is 6.48. The third-order valence-corrected chi connectivity index (χ3v) is 1.74. The molecule has 0 rings (SSSR count). The van der Waals surface area contributed by atoms with E-state index in [0.717, 1.165) is 0 Å². The van der Waals surface area contributed by atoms with Crippen LogP contribution in [0.25, 0.3) is 0 Å². The standard InChI is InChI=1S/C4H11N2O4PS/c1-5-4(12)6-2-3-10-11(7,8)9/h2-3H2,1H3,(H2,5,6,12)(H2,7,8,9). The number of nitrogens with one attached hydrogen (secondary N) is 2. The van der Waals surface area contributed by atoms with Crippen LogP contribution in [0.2, 0.25) is 0 Å². The molecule has 0 aliphatic heterocycles. The van der Waals surface area contributed by atoms with Crippen LogP contribution in [0.5, 0.6) is 0 Å². The Morgan fingerprint density at radius 3 is 2.67 bits per heavy atom. The molecule has 0 amide bonds. The number of hydrogen-bond acceptors (Lipinski definition) is 3. The van der Waals surface area contributed by atoms with Gasteiger partial charge in [0.05, 0.1) is 6.61 Å².